The Labute approximate surface area is 588 Å². The average molecular weight is 1400 g/mol. The molecule has 22 heteroatoms. The van der Waals surface area contributed by atoms with E-state index >= 15 is 0 Å². The fourth-order valence-corrected chi connectivity index (χ4v) is 14.4. The molecule has 3 atom stereocenters. The Morgan fingerprint density at radius 1 is 0.680 bits per heavy atom. The van der Waals surface area contributed by atoms with Crippen LogP contribution in [0.25, 0.3) is 0 Å². The van der Waals surface area contributed by atoms with E-state index in [1.165, 1.54) is 26.8 Å². The number of benzene rings is 4. The van der Waals surface area contributed by atoms with Gasteiger partial charge in [-0.05, 0) is 143 Å². The van der Waals surface area contributed by atoms with Gasteiger partial charge in [0.1, 0.15) is 29.9 Å². The lowest BCUT2D eigenvalue weighted by molar-refractivity contribution is -0.438. The highest BCUT2D eigenvalue weighted by atomic mass is 32.2. The first-order valence-corrected chi connectivity index (χ1v) is 36.9. The Morgan fingerprint density at radius 2 is 1.38 bits per heavy atom. The van der Waals surface area contributed by atoms with Crippen molar-refractivity contribution in [3.8, 4) is 5.75 Å². The number of carboxylic acids is 3. The van der Waals surface area contributed by atoms with Crippen molar-refractivity contribution in [3.05, 3.63) is 172 Å². The van der Waals surface area contributed by atoms with Crippen molar-refractivity contribution in [3.63, 3.8) is 0 Å². The molecule has 0 saturated carbocycles. The summed E-state index contributed by atoms with van der Waals surface area (Å²) in [5, 5.41) is 32.2. The average Bonchev–Trinajstić information content (AvgIpc) is 1.60. The number of fused-ring (bicyclic) bond motifs is 2. The second kappa shape index (κ2) is 36.7. The molecule has 3 aliphatic heterocycles. The number of carbonyl (C=O) groups excluding carboxylic acids is 4. The molecule has 0 bridgehead atoms. The molecule has 538 valence electrons. The topological polar surface area (TPSA) is 287 Å². The van der Waals surface area contributed by atoms with Crippen LogP contribution in [0.4, 0.5) is 16.2 Å². The summed E-state index contributed by atoms with van der Waals surface area (Å²) in [5.41, 5.74) is 9.74. The number of aliphatic carboxylic acids is 3. The minimum atomic E-state index is -4.11. The van der Waals surface area contributed by atoms with Gasteiger partial charge in [-0.2, -0.15) is 13.0 Å². The third-order valence-corrected chi connectivity index (χ3v) is 20.1. The molecular weight excluding hydrogens is 1290 g/mol. The maximum Gasteiger partial charge on any atom is 0.326 e. The van der Waals surface area contributed by atoms with E-state index in [0.29, 0.717) is 37.1 Å². The second-order valence-electron chi connectivity index (χ2n) is 27.4. The number of rotatable bonds is 42. The number of carboxylic acid groups (broad SMARTS) is 3. The number of allylic oxidation sites excluding steroid dienone is 7. The molecule has 100 heavy (non-hydrogen) atoms. The number of Topliss-reactive ketones (excluding diaryl/α,β-unsaturated/α-hetero) is 2. The summed E-state index contributed by atoms with van der Waals surface area (Å²) in [4.78, 5) is 94.1. The van der Waals surface area contributed by atoms with E-state index in [2.05, 4.69) is 110 Å². The van der Waals surface area contributed by atoms with Gasteiger partial charge in [0.15, 0.2) is 11.5 Å². The zero-order valence-corrected chi connectivity index (χ0v) is 59.4. The first-order chi connectivity index (χ1) is 47.9. The van der Waals surface area contributed by atoms with Crippen LogP contribution >= 0.6 is 0 Å². The summed E-state index contributed by atoms with van der Waals surface area (Å²) in [5.74, 6) is -4.59. The van der Waals surface area contributed by atoms with Crippen LogP contribution < -0.4 is 15.0 Å². The molecule has 1 saturated heterocycles. The van der Waals surface area contributed by atoms with E-state index in [1.807, 2.05) is 66.7 Å². The number of para-hydroxylation sites is 2. The van der Waals surface area contributed by atoms with Gasteiger partial charge < -0.3 is 49.5 Å². The molecule has 3 amide bonds. The largest absolute Gasteiger partial charge is 0.481 e. The number of nitrogens with zero attached hydrogens (tertiary/aromatic N) is 4. The summed E-state index contributed by atoms with van der Waals surface area (Å²) >= 11 is 0. The molecule has 0 spiro atoms. The Morgan fingerprint density at radius 3 is 2.09 bits per heavy atom. The molecule has 8 rings (SSSR count). The molecule has 0 aromatic heterocycles. The predicted octanol–water partition coefficient (Wildman–Crippen LogP) is 12.1. The molecule has 5 N–H and O–H groups in total. The van der Waals surface area contributed by atoms with Crippen molar-refractivity contribution in [1.82, 2.24) is 15.1 Å². The summed E-state index contributed by atoms with van der Waals surface area (Å²) in [6.07, 6.45) is 15.5. The number of carbonyl (C=O) groups is 7. The van der Waals surface area contributed by atoms with Crippen LogP contribution in [0.3, 0.4) is 0 Å². The zero-order chi connectivity index (χ0) is 72.0. The SMILES string of the molecule is CCCCC[N+]1=C(/C=C/C2=C(Oc3ccc(C[C@H](CC(=O)[C@H](Cc4ccccc4)NC(=O)CCOCCOCCCC(=O)CC[C@@H](C(=O)O)N4CCN(CCCC(=O)O)C4=O)C(=O)O)cc3)C(=C/C=C3/N(CCCCS(=O)(=O)O)c4ccccc4C3(C)C)/CCC2)C(C)(C)c2ccccc21. The van der Waals surface area contributed by atoms with Crippen LogP contribution in [-0.2, 0) is 72.0 Å². The highest BCUT2D eigenvalue weighted by Gasteiger charge is 2.45. The molecule has 1 fully saturated rings. The summed E-state index contributed by atoms with van der Waals surface area (Å²) in [7, 11) is -4.11. The number of anilines is 1. The minimum absolute atomic E-state index is 0.00977. The van der Waals surface area contributed by atoms with E-state index in [-0.39, 0.29) is 121 Å². The fourth-order valence-electron chi connectivity index (χ4n) is 13.9. The molecule has 0 unspecified atom stereocenters. The Bertz CT molecular complexity index is 3820. The first kappa shape index (κ1) is 77.2. The molecule has 4 aromatic rings. The maximum absolute atomic E-state index is 14.3. The number of amides is 3. The second-order valence-corrected chi connectivity index (χ2v) is 29.0. The normalized spacial score (nSPS) is 17.5. The summed E-state index contributed by atoms with van der Waals surface area (Å²) in [6.45, 7) is 13.8. The number of urea groups is 1. The van der Waals surface area contributed by atoms with Gasteiger partial charge in [-0.1, -0.05) is 112 Å². The third kappa shape index (κ3) is 21.5. The zero-order valence-electron chi connectivity index (χ0n) is 58.5. The van der Waals surface area contributed by atoms with E-state index < -0.39 is 69.2 Å². The van der Waals surface area contributed by atoms with Crippen LogP contribution in [0.1, 0.15) is 160 Å². The van der Waals surface area contributed by atoms with Gasteiger partial charge in [0, 0.05) is 106 Å². The smallest absolute Gasteiger partial charge is 0.326 e. The number of ether oxygens (including phenoxy) is 3. The lowest BCUT2D eigenvalue weighted by atomic mass is 9.81. The van der Waals surface area contributed by atoms with Gasteiger partial charge in [0.25, 0.3) is 10.1 Å². The molecular formula is C78H100N5O16S+. The number of hydrogen-bond acceptors (Lipinski definition) is 13. The van der Waals surface area contributed by atoms with Crippen molar-refractivity contribution in [2.24, 2.45) is 5.92 Å². The standard InChI is InChI=1S/C78H99N5O16S/c1-6-7-15-43-81-65-28-13-11-26-62(65)77(2,3)69(81)39-33-57-23-18-24-58(34-40-70-78(4,5)63-27-12-14-29-66(63)82(70)44-16-17-51-100(94,95)96)73(57)99-61-36-31-56(32-37-61)52-59(74(89)90)54-68(85)64(53-55-21-9-8-10-22-55)79-71(86)41-48-98-50-49-97-47-20-25-60(84)35-38-67(75(91)92)83-46-45-80(76(83)93)42-19-30-72(87)88/h8-14,21-22,26-29,31-34,36-37,39-40,59,64,67H,6-7,15-20,23-25,30,35,38,41-54H2,1-5H3,(H4-,79,86,87,88,89,90,91,92,94,95,96)/p+1/t59-,64+,67+/m1/s1. The lowest BCUT2D eigenvalue weighted by Gasteiger charge is -2.27. The molecule has 1 aliphatic carbocycles. The molecule has 0 radical (unpaired) electrons. The van der Waals surface area contributed by atoms with E-state index in [0.717, 1.165) is 84.5 Å². The molecule has 4 aliphatic rings. The minimum Gasteiger partial charge on any atom is -0.481 e. The van der Waals surface area contributed by atoms with Gasteiger partial charge in [-0.3, -0.25) is 28.5 Å². The van der Waals surface area contributed by atoms with Crippen molar-refractivity contribution < 1.29 is 80.6 Å². The van der Waals surface area contributed by atoms with Gasteiger partial charge in [0.05, 0.1) is 42.9 Å². The lowest BCUT2D eigenvalue weighted by Crippen LogP contribution is -2.44. The Hall–Kier alpha value is -8.57. The predicted molar refractivity (Wildman–Crippen MR) is 383 cm³/mol. The van der Waals surface area contributed by atoms with Gasteiger partial charge in [-0.25, -0.2) is 9.59 Å². The first-order valence-electron chi connectivity index (χ1n) is 35.3. The van der Waals surface area contributed by atoms with Crippen molar-refractivity contribution >= 4 is 68.6 Å². The van der Waals surface area contributed by atoms with Crippen LogP contribution in [0.2, 0.25) is 0 Å². The number of nitrogens with one attached hydrogen (secondary N) is 1. The molecule has 21 nitrogen and oxygen atoms in total. The quantitative estimate of drug-likeness (QED) is 0.0157. The Kier molecular flexibility index (Phi) is 28.3. The Balaban J connectivity index is 0.900. The maximum atomic E-state index is 14.3. The fraction of sp³-hybridized carbons (Fsp3) is 0.487. The molecule has 4 aromatic carbocycles. The summed E-state index contributed by atoms with van der Waals surface area (Å²) in [6, 6.07) is 30.6. The van der Waals surface area contributed by atoms with Gasteiger partial charge in [-0.15, -0.1) is 0 Å². The summed E-state index contributed by atoms with van der Waals surface area (Å²) < 4.78 is 53.7. The van der Waals surface area contributed by atoms with Crippen LogP contribution in [0.5, 0.6) is 5.75 Å². The number of hydrogen-bond donors (Lipinski definition) is 5. The van der Waals surface area contributed by atoms with Crippen LogP contribution in [0, 0.1) is 5.92 Å². The number of ketones is 2. The van der Waals surface area contributed by atoms with Crippen molar-refractivity contribution in [2.45, 2.75) is 173 Å². The van der Waals surface area contributed by atoms with E-state index in [1.54, 1.807) is 0 Å². The van der Waals surface area contributed by atoms with Crippen LogP contribution in [0.15, 0.2) is 150 Å². The van der Waals surface area contributed by atoms with E-state index in [4.69, 9.17) is 19.3 Å². The third-order valence-electron chi connectivity index (χ3n) is 19.3. The van der Waals surface area contributed by atoms with Gasteiger partial charge in [0.2, 0.25) is 11.6 Å². The van der Waals surface area contributed by atoms with Crippen molar-refractivity contribution in [1.29, 1.82) is 0 Å². The highest BCUT2D eigenvalue weighted by Crippen LogP contribution is 2.48. The van der Waals surface area contributed by atoms with Crippen LogP contribution in [-0.4, -0.2) is 167 Å². The molecule has 3 heterocycles. The number of unbranched alkanes of at least 4 members (excludes halogenated alkanes) is 3. The van der Waals surface area contributed by atoms with Crippen molar-refractivity contribution in [2.75, 3.05) is 69.8 Å². The van der Waals surface area contributed by atoms with Gasteiger partial charge >= 0.3 is 23.9 Å². The van der Waals surface area contributed by atoms with E-state index in [9.17, 15) is 56.7 Å². The highest BCUT2D eigenvalue weighted by molar-refractivity contribution is 7.85. The monoisotopic (exact) mass is 1390 g/mol.